The zero-order valence-corrected chi connectivity index (χ0v) is 12.1. The van der Waals surface area contributed by atoms with Crippen LogP contribution in [-0.2, 0) is 6.42 Å². The van der Waals surface area contributed by atoms with Crippen molar-refractivity contribution in [1.29, 1.82) is 0 Å². The number of hydrogen-bond donors (Lipinski definition) is 1. The van der Waals surface area contributed by atoms with Crippen LogP contribution in [0, 0.1) is 6.92 Å². The predicted molar refractivity (Wildman–Crippen MR) is 74.4 cm³/mol. The summed E-state index contributed by atoms with van der Waals surface area (Å²) in [5.74, 6) is 1.24. The van der Waals surface area contributed by atoms with Crippen LogP contribution in [0.25, 0.3) is 11.5 Å². The zero-order valence-electron chi connectivity index (χ0n) is 10.5. The molecule has 0 radical (unpaired) electrons. The number of aryl methyl sites for hydroxylation is 1. The highest BCUT2D eigenvalue weighted by Crippen LogP contribution is 2.24. The van der Waals surface area contributed by atoms with Gasteiger partial charge in [0, 0.05) is 23.0 Å². The van der Waals surface area contributed by atoms with Crippen molar-refractivity contribution >= 4 is 15.9 Å². The summed E-state index contributed by atoms with van der Waals surface area (Å²) in [5, 5.41) is 11.3. The minimum Gasteiger partial charge on any atom is -0.421 e. The van der Waals surface area contributed by atoms with Gasteiger partial charge in [-0.05, 0) is 31.2 Å². The smallest absolute Gasteiger partial charge is 0.247 e. The van der Waals surface area contributed by atoms with Crippen molar-refractivity contribution in [2.45, 2.75) is 20.3 Å². The van der Waals surface area contributed by atoms with Gasteiger partial charge in [0.25, 0.3) is 0 Å². The largest absolute Gasteiger partial charge is 0.421 e. The maximum absolute atomic E-state index is 5.63. The lowest BCUT2D eigenvalue weighted by molar-refractivity contribution is 0.496. The second kappa shape index (κ2) is 6.11. The average Bonchev–Trinajstić information content (AvgIpc) is 2.82. The van der Waals surface area contributed by atoms with Crippen LogP contribution in [0.2, 0.25) is 0 Å². The van der Waals surface area contributed by atoms with Crippen molar-refractivity contribution in [2.75, 3.05) is 13.1 Å². The molecule has 0 aliphatic rings. The maximum atomic E-state index is 5.63. The summed E-state index contributed by atoms with van der Waals surface area (Å²) in [6, 6.07) is 6.01. The van der Waals surface area contributed by atoms with Crippen LogP contribution < -0.4 is 5.32 Å². The second-order valence-electron chi connectivity index (χ2n) is 4.07. The molecule has 5 heteroatoms. The molecule has 2 rings (SSSR count). The fraction of sp³-hybridized carbons (Fsp3) is 0.385. The van der Waals surface area contributed by atoms with Crippen molar-refractivity contribution in [1.82, 2.24) is 15.5 Å². The standard InChI is InChI=1S/C13H16BrN3O/c1-3-15-7-6-12-16-17-13(18-12)10-5-4-9(2)11(14)8-10/h4-5,8,15H,3,6-7H2,1-2H3. The molecule has 0 saturated heterocycles. The zero-order chi connectivity index (χ0) is 13.0. The molecule has 0 aliphatic heterocycles. The van der Waals surface area contributed by atoms with E-state index in [1.165, 1.54) is 5.56 Å². The minimum absolute atomic E-state index is 0.571. The van der Waals surface area contributed by atoms with E-state index in [4.69, 9.17) is 4.42 Å². The Morgan fingerprint density at radius 3 is 2.89 bits per heavy atom. The Hall–Kier alpha value is -1.20. The molecule has 0 saturated carbocycles. The van der Waals surface area contributed by atoms with Crippen molar-refractivity contribution in [2.24, 2.45) is 0 Å². The Labute approximate surface area is 115 Å². The normalized spacial score (nSPS) is 10.8. The number of likely N-dealkylation sites (N-methyl/N-ethyl adjacent to an activating group) is 1. The number of halogens is 1. The molecule has 0 spiro atoms. The third-order valence-corrected chi connectivity index (χ3v) is 3.51. The van der Waals surface area contributed by atoms with Gasteiger partial charge < -0.3 is 9.73 Å². The fourth-order valence-electron chi connectivity index (χ4n) is 1.57. The van der Waals surface area contributed by atoms with Gasteiger partial charge in [-0.1, -0.05) is 28.9 Å². The van der Waals surface area contributed by atoms with E-state index in [9.17, 15) is 0 Å². The van der Waals surface area contributed by atoms with E-state index < -0.39 is 0 Å². The molecule has 0 amide bonds. The molecule has 1 aromatic heterocycles. The Balaban J connectivity index is 2.11. The number of benzene rings is 1. The van der Waals surface area contributed by atoms with Gasteiger partial charge in [0.1, 0.15) is 0 Å². The lowest BCUT2D eigenvalue weighted by Crippen LogP contribution is -2.16. The van der Waals surface area contributed by atoms with E-state index in [1.54, 1.807) is 0 Å². The lowest BCUT2D eigenvalue weighted by Gasteiger charge is -1.99. The van der Waals surface area contributed by atoms with Crippen LogP contribution in [-0.4, -0.2) is 23.3 Å². The van der Waals surface area contributed by atoms with Crippen LogP contribution in [0.4, 0.5) is 0 Å². The summed E-state index contributed by atoms with van der Waals surface area (Å²) in [6.07, 6.45) is 0.758. The first kappa shape index (κ1) is 13.2. The van der Waals surface area contributed by atoms with E-state index in [1.807, 2.05) is 25.1 Å². The van der Waals surface area contributed by atoms with Gasteiger partial charge in [0.2, 0.25) is 11.8 Å². The van der Waals surface area contributed by atoms with Crippen molar-refractivity contribution in [3.63, 3.8) is 0 Å². The van der Waals surface area contributed by atoms with Crippen LogP contribution in [0.5, 0.6) is 0 Å². The van der Waals surface area contributed by atoms with Gasteiger partial charge in [0.05, 0.1) is 0 Å². The van der Waals surface area contributed by atoms with Gasteiger partial charge in [-0.25, -0.2) is 0 Å². The average molecular weight is 310 g/mol. The Kier molecular flexibility index (Phi) is 4.49. The highest BCUT2D eigenvalue weighted by molar-refractivity contribution is 9.10. The molecule has 1 aromatic carbocycles. The molecule has 0 atom stereocenters. The highest BCUT2D eigenvalue weighted by Gasteiger charge is 2.09. The van der Waals surface area contributed by atoms with Gasteiger partial charge in [-0.15, -0.1) is 10.2 Å². The number of hydrogen-bond acceptors (Lipinski definition) is 4. The first-order valence-corrected chi connectivity index (χ1v) is 6.79. The van der Waals surface area contributed by atoms with Crippen LogP contribution in [0.3, 0.4) is 0 Å². The molecule has 96 valence electrons. The van der Waals surface area contributed by atoms with Crippen LogP contribution in [0.1, 0.15) is 18.4 Å². The van der Waals surface area contributed by atoms with E-state index in [2.05, 4.69) is 38.4 Å². The lowest BCUT2D eigenvalue weighted by atomic mass is 10.1. The van der Waals surface area contributed by atoms with Crippen molar-refractivity contribution in [3.05, 3.63) is 34.1 Å². The topological polar surface area (TPSA) is 51.0 Å². The molecule has 2 aromatic rings. The minimum atomic E-state index is 0.571. The SMILES string of the molecule is CCNCCc1nnc(-c2ccc(C)c(Br)c2)o1. The molecular weight excluding hydrogens is 294 g/mol. The Morgan fingerprint density at radius 2 is 2.17 bits per heavy atom. The van der Waals surface area contributed by atoms with E-state index in [0.29, 0.717) is 11.8 Å². The van der Waals surface area contributed by atoms with Crippen molar-refractivity contribution < 1.29 is 4.42 Å². The Morgan fingerprint density at radius 1 is 1.33 bits per heavy atom. The van der Waals surface area contributed by atoms with Gasteiger partial charge in [-0.3, -0.25) is 0 Å². The predicted octanol–water partition coefficient (Wildman–Crippen LogP) is 2.96. The molecule has 18 heavy (non-hydrogen) atoms. The van der Waals surface area contributed by atoms with Crippen LogP contribution >= 0.6 is 15.9 Å². The molecule has 0 bridgehead atoms. The summed E-state index contributed by atoms with van der Waals surface area (Å²) in [4.78, 5) is 0. The van der Waals surface area contributed by atoms with E-state index in [-0.39, 0.29) is 0 Å². The number of nitrogens with zero attached hydrogens (tertiary/aromatic N) is 2. The van der Waals surface area contributed by atoms with Gasteiger partial charge in [0.15, 0.2) is 0 Å². The summed E-state index contributed by atoms with van der Waals surface area (Å²) in [6.45, 7) is 5.92. The first-order valence-electron chi connectivity index (χ1n) is 6.00. The summed E-state index contributed by atoms with van der Waals surface area (Å²) in [7, 11) is 0. The third-order valence-electron chi connectivity index (χ3n) is 2.65. The summed E-state index contributed by atoms with van der Waals surface area (Å²) in [5.41, 5.74) is 2.13. The van der Waals surface area contributed by atoms with E-state index in [0.717, 1.165) is 29.5 Å². The number of nitrogens with one attached hydrogen (secondary N) is 1. The molecule has 0 aliphatic carbocycles. The summed E-state index contributed by atoms with van der Waals surface area (Å²) >= 11 is 3.50. The number of aromatic nitrogens is 2. The molecule has 1 heterocycles. The quantitative estimate of drug-likeness (QED) is 0.863. The maximum Gasteiger partial charge on any atom is 0.247 e. The first-order chi connectivity index (χ1) is 8.70. The number of rotatable bonds is 5. The monoisotopic (exact) mass is 309 g/mol. The molecule has 0 fully saturated rings. The highest BCUT2D eigenvalue weighted by atomic mass is 79.9. The summed E-state index contributed by atoms with van der Waals surface area (Å²) < 4.78 is 6.68. The van der Waals surface area contributed by atoms with E-state index >= 15 is 0 Å². The van der Waals surface area contributed by atoms with Gasteiger partial charge >= 0.3 is 0 Å². The van der Waals surface area contributed by atoms with Crippen LogP contribution in [0.15, 0.2) is 27.1 Å². The Bertz CT molecular complexity index is 525. The molecule has 0 unspecified atom stereocenters. The third kappa shape index (κ3) is 3.17. The molecule has 4 nitrogen and oxygen atoms in total. The van der Waals surface area contributed by atoms with Gasteiger partial charge in [-0.2, -0.15) is 0 Å². The molecular formula is C13H16BrN3O. The van der Waals surface area contributed by atoms with Crippen molar-refractivity contribution in [3.8, 4) is 11.5 Å². The molecule has 1 N–H and O–H groups in total. The second-order valence-corrected chi connectivity index (χ2v) is 4.92. The fourth-order valence-corrected chi connectivity index (χ4v) is 1.95.